The molecule has 0 N–H and O–H groups in total. The maximum atomic E-state index is 5.92. The third kappa shape index (κ3) is 1.96. The van der Waals surface area contributed by atoms with Crippen molar-refractivity contribution in [1.82, 2.24) is 20.2 Å². The summed E-state index contributed by atoms with van der Waals surface area (Å²) < 4.78 is 6.70. The van der Waals surface area contributed by atoms with Crippen LogP contribution in [0, 0.1) is 0 Å². The molecule has 1 heterocycles. The quantitative estimate of drug-likeness (QED) is 0.791. The Morgan fingerprint density at radius 2 is 2.25 bits per heavy atom. The van der Waals surface area contributed by atoms with Crippen LogP contribution in [0.1, 0.15) is 5.82 Å². The Hall–Kier alpha value is -1.33. The SMILES string of the molecule is COc1ccc(Cl)cc1-n1nnnc1CCl. The van der Waals surface area contributed by atoms with Crippen LogP contribution in [0.4, 0.5) is 0 Å². The van der Waals surface area contributed by atoms with E-state index >= 15 is 0 Å². The molecule has 16 heavy (non-hydrogen) atoms. The van der Waals surface area contributed by atoms with Gasteiger partial charge in [-0.3, -0.25) is 0 Å². The van der Waals surface area contributed by atoms with Gasteiger partial charge in [-0.1, -0.05) is 11.6 Å². The number of halogens is 2. The standard InChI is InChI=1S/C9H8Cl2N4O/c1-16-8-3-2-6(11)4-7(8)15-9(5-10)12-13-14-15/h2-4H,5H2,1H3. The average molecular weight is 259 g/mol. The minimum absolute atomic E-state index is 0.211. The van der Waals surface area contributed by atoms with Crippen LogP contribution in [-0.4, -0.2) is 27.3 Å². The molecule has 2 rings (SSSR count). The molecule has 1 aromatic carbocycles. The first kappa shape index (κ1) is 11.2. The van der Waals surface area contributed by atoms with Gasteiger partial charge in [0.15, 0.2) is 5.82 Å². The van der Waals surface area contributed by atoms with Crippen molar-refractivity contribution in [2.45, 2.75) is 5.88 Å². The molecule has 7 heteroatoms. The molecule has 0 radical (unpaired) electrons. The van der Waals surface area contributed by atoms with Crippen molar-refractivity contribution in [3.05, 3.63) is 29.0 Å². The number of benzene rings is 1. The summed E-state index contributed by atoms with van der Waals surface area (Å²) in [5.41, 5.74) is 0.663. The molecule has 2 aromatic rings. The summed E-state index contributed by atoms with van der Waals surface area (Å²) in [5.74, 6) is 1.37. The van der Waals surface area contributed by atoms with Crippen LogP contribution in [0.2, 0.25) is 5.02 Å². The van der Waals surface area contributed by atoms with Crippen LogP contribution in [0.25, 0.3) is 5.69 Å². The van der Waals surface area contributed by atoms with Crippen molar-refractivity contribution < 1.29 is 4.74 Å². The lowest BCUT2D eigenvalue weighted by Gasteiger charge is -2.08. The average Bonchev–Trinajstić information content (AvgIpc) is 2.76. The number of rotatable bonds is 3. The Balaban J connectivity index is 2.58. The lowest BCUT2D eigenvalue weighted by molar-refractivity contribution is 0.411. The van der Waals surface area contributed by atoms with Gasteiger partial charge in [-0.25, -0.2) is 0 Å². The second-order valence-electron chi connectivity index (χ2n) is 2.96. The van der Waals surface area contributed by atoms with Crippen LogP contribution < -0.4 is 4.74 Å². The first-order valence-electron chi connectivity index (χ1n) is 4.43. The lowest BCUT2D eigenvalue weighted by Crippen LogP contribution is -2.03. The van der Waals surface area contributed by atoms with E-state index in [-0.39, 0.29) is 5.88 Å². The monoisotopic (exact) mass is 258 g/mol. The molecule has 0 aliphatic carbocycles. The molecule has 0 bridgehead atoms. The van der Waals surface area contributed by atoms with E-state index in [2.05, 4.69) is 15.5 Å². The second kappa shape index (κ2) is 4.67. The fourth-order valence-corrected chi connectivity index (χ4v) is 1.64. The Kier molecular flexibility index (Phi) is 3.26. The van der Waals surface area contributed by atoms with E-state index < -0.39 is 0 Å². The van der Waals surface area contributed by atoms with Crippen LogP contribution in [0.15, 0.2) is 18.2 Å². The fraction of sp³-hybridized carbons (Fsp3) is 0.222. The first-order chi connectivity index (χ1) is 7.76. The number of aromatic nitrogens is 4. The van der Waals surface area contributed by atoms with Crippen molar-refractivity contribution in [1.29, 1.82) is 0 Å². The molecule has 0 spiro atoms. The van der Waals surface area contributed by atoms with Gasteiger partial charge >= 0.3 is 0 Å². The Labute approximate surface area is 102 Å². The highest BCUT2D eigenvalue weighted by Crippen LogP contribution is 2.26. The van der Waals surface area contributed by atoms with Crippen molar-refractivity contribution in [2.24, 2.45) is 0 Å². The number of ether oxygens (including phenoxy) is 1. The highest BCUT2D eigenvalue weighted by Gasteiger charge is 2.12. The van der Waals surface area contributed by atoms with Crippen LogP contribution in [0.3, 0.4) is 0 Å². The zero-order valence-corrected chi connectivity index (χ0v) is 9.90. The Morgan fingerprint density at radius 1 is 1.44 bits per heavy atom. The molecule has 0 amide bonds. The summed E-state index contributed by atoms with van der Waals surface area (Å²) in [6.07, 6.45) is 0. The summed E-state index contributed by atoms with van der Waals surface area (Å²) in [5, 5.41) is 11.8. The molecule has 84 valence electrons. The molecule has 0 saturated heterocycles. The van der Waals surface area contributed by atoms with Gasteiger partial charge < -0.3 is 4.74 Å². The summed E-state index contributed by atoms with van der Waals surface area (Å²) in [7, 11) is 1.57. The van der Waals surface area contributed by atoms with Crippen LogP contribution in [-0.2, 0) is 5.88 Å². The molecule has 0 fully saturated rings. The normalized spacial score (nSPS) is 10.4. The summed E-state index contributed by atoms with van der Waals surface area (Å²) in [4.78, 5) is 0. The molecule has 0 unspecified atom stereocenters. The predicted octanol–water partition coefficient (Wildman–Crippen LogP) is 2.06. The predicted molar refractivity (Wildman–Crippen MR) is 60.3 cm³/mol. The third-order valence-corrected chi connectivity index (χ3v) is 2.50. The van der Waals surface area contributed by atoms with Gasteiger partial charge in [0.25, 0.3) is 0 Å². The maximum Gasteiger partial charge on any atom is 0.171 e. The summed E-state index contributed by atoms with van der Waals surface area (Å²) >= 11 is 11.6. The van der Waals surface area contributed by atoms with E-state index in [1.54, 1.807) is 25.3 Å². The number of hydrogen-bond acceptors (Lipinski definition) is 4. The fourth-order valence-electron chi connectivity index (χ4n) is 1.30. The molecular weight excluding hydrogens is 251 g/mol. The number of nitrogens with zero attached hydrogens (tertiary/aromatic N) is 4. The third-order valence-electron chi connectivity index (χ3n) is 2.02. The van der Waals surface area contributed by atoms with Gasteiger partial charge in [0.05, 0.1) is 13.0 Å². The first-order valence-corrected chi connectivity index (χ1v) is 5.34. The highest BCUT2D eigenvalue weighted by molar-refractivity contribution is 6.30. The minimum atomic E-state index is 0.211. The van der Waals surface area contributed by atoms with E-state index in [0.717, 1.165) is 0 Å². The van der Waals surface area contributed by atoms with E-state index in [4.69, 9.17) is 27.9 Å². The molecule has 0 aliphatic heterocycles. The van der Waals surface area contributed by atoms with Gasteiger partial charge in [0.1, 0.15) is 11.4 Å². The maximum absolute atomic E-state index is 5.92. The van der Waals surface area contributed by atoms with Crippen molar-refractivity contribution in [3.8, 4) is 11.4 Å². The van der Waals surface area contributed by atoms with E-state index in [9.17, 15) is 0 Å². The molecule has 0 saturated carbocycles. The number of methoxy groups -OCH3 is 1. The minimum Gasteiger partial charge on any atom is -0.494 e. The second-order valence-corrected chi connectivity index (χ2v) is 3.66. The molecular formula is C9H8Cl2N4O. The largest absolute Gasteiger partial charge is 0.494 e. The number of hydrogen-bond donors (Lipinski definition) is 0. The van der Waals surface area contributed by atoms with Gasteiger partial charge in [-0.05, 0) is 28.6 Å². The number of tetrazole rings is 1. The van der Waals surface area contributed by atoms with Gasteiger partial charge in [-0.2, -0.15) is 4.68 Å². The Bertz CT molecular complexity index is 500. The smallest absolute Gasteiger partial charge is 0.171 e. The van der Waals surface area contributed by atoms with Crippen molar-refractivity contribution in [3.63, 3.8) is 0 Å². The van der Waals surface area contributed by atoms with Crippen LogP contribution >= 0.6 is 23.2 Å². The molecule has 1 aromatic heterocycles. The zero-order valence-electron chi connectivity index (χ0n) is 8.39. The number of alkyl halides is 1. The molecule has 5 nitrogen and oxygen atoms in total. The van der Waals surface area contributed by atoms with Gasteiger partial charge in [0.2, 0.25) is 0 Å². The lowest BCUT2D eigenvalue weighted by atomic mass is 10.3. The van der Waals surface area contributed by atoms with Gasteiger partial charge in [0, 0.05) is 5.02 Å². The topological polar surface area (TPSA) is 52.8 Å². The van der Waals surface area contributed by atoms with E-state index in [1.807, 2.05) is 0 Å². The molecule has 0 atom stereocenters. The summed E-state index contributed by atoms with van der Waals surface area (Å²) in [6, 6.07) is 5.19. The zero-order chi connectivity index (χ0) is 11.5. The highest BCUT2D eigenvalue weighted by atomic mass is 35.5. The van der Waals surface area contributed by atoms with Crippen LogP contribution in [0.5, 0.6) is 5.75 Å². The van der Waals surface area contributed by atoms with Crippen molar-refractivity contribution >= 4 is 23.2 Å². The molecule has 0 aliphatic rings. The van der Waals surface area contributed by atoms with E-state index in [1.165, 1.54) is 4.68 Å². The van der Waals surface area contributed by atoms with Gasteiger partial charge in [-0.15, -0.1) is 16.7 Å². The van der Waals surface area contributed by atoms with Crippen molar-refractivity contribution in [2.75, 3.05) is 7.11 Å². The summed E-state index contributed by atoms with van der Waals surface area (Å²) in [6.45, 7) is 0. The van der Waals surface area contributed by atoms with E-state index in [0.29, 0.717) is 22.3 Å². The Morgan fingerprint density at radius 3 is 2.94 bits per heavy atom.